The van der Waals surface area contributed by atoms with Gasteiger partial charge in [-0.1, -0.05) is 12.1 Å². The molecular formula is C14H15N5O3S. The normalized spacial score (nSPS) is 11.6. The average molecular weight is 333 g/mol. The van der Waals surface area contributed by atoms with Crippen LogP contribution in [0.2, 0.25) is 0 Å². The summed E-state index contributed by atoms with van der Waals surface area (Å²) >= 11 is 0. The lowest BCUT2D eigenvalue weighted by Gasteiger charge is -2.12. The predicted molar refractivity (Wildman–Crippen MR) is 85.1 cm³/mol. The van der Waals surface area contributed by atoms with Crippen LogP contribution in [0.1, 0.15) is 5.69 Å². The van der Waals surface area contributed by atoms with E-state index in [0.717, 1.165) is 0 Å². The van der Waals surface area contributed by atoms with E-state index in [1.165, 1.54) is 21.6 Å². The lowest BCUT2D eigenvalue weighted by Crippen LogP contribution is -2.19. The van der Waals surface area contributed by atoms with Crippen molar-refractivity contribution in [1.82, 2.24) is 19.3 Å². The average Bonchev–Trinajstić information content (AvgIpc) is 3.07. The molecule has 0 fully saturated rings. The van der Waals surface area contributed by atoms with E-state index in [1.807, 2.05) is 0 Å². The number of aryl methyl sites for hydroxylation is 2. The van der Waals surface area contributed by atoms with Gasteiger partial charge in [0, 0.05) is 25.1 Å². The quantitative estimate of drug-likeness (QED) is 0.744. The standard InChI is InChI=1S/C14H15N5O3S/c1-10-7-15-14(20)19(10)13-6-4-3-5-12(13)17-23(21,22)11-8-16-18(2)9-11/h3-9,17H,1-2H3,(H,15,20). The molecule has 120 valence electrons. The van der Waals surface area contributed by atoms with Gasteiger partial charge in [0.15, 0.2) is 0 Å². The maximum absolute atomic E-state index is 12.4. The molecule has 2 heterocycles. The number of aromatic amines is 1. The Balaban J connectivity index is 2.07. The van der Waals surface area contributed by atoms with Crippen molar-refractivity contribution < 1.29 is 8.42 Å². The van der Waals surface area contributed by atoms with E-state index < -0.39 is 10.0 Å². The summed E-state index contributed by atoms with van der Waals surface area (Å²) in [5.41, 5.74) is 1.09. The van der Waals surface area contributed by atoms with Crippen molar-refractivity contribution in [3.05, 3.63) is 59.0 Å². The van der Waals surface area contributed by atoms with Crippen LogP contribution in [0.25, 0.3) is 5.69 Å². The van der Waals surface area contributed by atoms with Gasteiger partial charge in [0.2, 0.25) is 0 Å². The van der Waals surface area contributed by atoms with Gasteiger partial charge in [-0.05, 0) is 19.1 Å². The molecule has 0 bridgehead atoms. The molecule has 0 aliphatic heterocycles. The van der Waals surface area contributed by atoms with Crippen LogP contribution in [0.3, 0.4) is 0 Å². The SMILES string of the molecule is Cc1c[nH]c(=O)n1-c1ccccc1NS(=O)(=O)c1cnn(C)c1. The molecule has 1 aromatic carbocycles. The summed E-state index contributed by atoms with van der Waals surface area (Å²) in [4.78, 5) is 14.6. The van der Waals surface area contributed by atoms with Gasteiger partial charge < -0.3 is 4.98 Å². The van der Waals surface area contributed by atoms with Gasteiger partial charge in [-0.2, -0.15) is 5.10 Å². The summed E-state index contributed by atoms with van der Waals surface area (Å²) in [6.45, 7) is 1.75. The number of nitrogens with one attached hydrogen (secondary N) is 2. The van der Waals surface area contributed by atoms with Crippen LogP contribution in [0.4, 0.5) is 5.69 Å². The second-order valence-electron chi connectivity index (χ2n) is 5.04. The maximum Gasteiger partial charge on any atom is 0.330 e. The van der Waals surface area contributed by atoms with Gasteiger partial charge in [0.25, 0.3) is 10.0 Å². The van der Waals surface area contributed by atoms with E-state index in [9.17, 15) is 13.2 Å². The minimum absolute atomic E-state index is 0.0490. The monoisotopic (exact) mass is 333 g/mol. The van der Waals surface area contributed by atoms with Gasteiger partial charge in [0.05, 0.1) is 17.6 Å². The van der Waals surface area contributed by atoms with Crippen molar-refractivity contribution in [1.29, 1.82) is 0 Å². The van der Waals surface area contributed by atoms with Crippen LogP contribution < -0.4 is 10.4 Å². The minimum Gasteiger partial charge on any atom is -0.312 e. The van der Waals surface area contributed by atoms with Crippen molar-refractivity contribution >= 4 is 15.7 Å². The van der Waals surface area contributed by atoms with Crippen LogP contribution in [0, 0.1) is 6.92 Å². The smallest absolute Gasteiger partial charge is 0.312 e. The number of anilines is 1. The topological polar surface area (TPSA) is 102 Å². The number of para-hydroxylation sites is 2. The molecule has 2 N–H and O–H groups in total. The molecule has 0 amide bonds. The molecule has 23 heavy (non-hydrogen) atoms. The number of benzene rings is 1. The first-order valence-corrected chi connectivity index (χ1v) is 8.25. The largest absolute Gasteiger partial charge is 0.330 e. The summed E-state index contributed by atoms with van der Waals surface area (Å²) in [6, 6.07) is 6.69. The number of hydrogen-bond acceptors (Lipinski definition) is 4. The zero-order chi connectivity index (χ0) is 16.6. The number of H-pyrrole nitrogens is 1. The second kappa shape index (κ2) is 5.43. The molecule has 0 saturated heterocycles. The third-order valence-corrected chi connectivity index (χ3v) is 4.66. The molecule has 0 radical (unpaired) electrons. The highest BCUT2D eigenvalue weighted by molar-refractivity contribution is 7.92. The second-order valence-corrected chi connectivity index (χ2v) is 6.73. The number of rotatable bonds is 4. The Morgan fingerprint density at radius 3 is 2.61 bits per heavy atom. The first kappa shape index (κ1) is 15.1. The summed E-state index contributed by atoms with van der Waals surface area (Å²) in [7, 11) is -2.16. The maximum atomic E-state index is 12.4. The van der Waals surface area contributed by atoms with Crippen molar-refractivity contribution in [2.24, 2.45) is 7.05 Å². The highest BCUT2D eigenvalue weighted by atomic mass is 32.2. The molecule has 3 aromatic rings. The molecule has 0 atom stereocenters. The zero-order valence-corrected chi connectivity index (χ0v) is 13.3. The third kappa shape index (κ3) is 2.78. The third-order valence-electron chi connectivity index (χ3n) is 3.34. The number of imidazole rings is 1. The summed E-state index contributed by atoms with van der Waals surface area (Å²) in [5.74, 6) is 0. The fourth-order valence-electron chi connectivity index (χ4n) is 2.25. The zero-order valence-electron chi connectivity index (χ0n) is 12.5. The van der Waals surface area contributed by atoms with E-state index in [0.29, 0.717) is 17.1 Å². The molecular weight excluding hydrogens is 318 g/mol. The molecule has 0 unspecified atom stereocenters. The Hall–Kier alpha value is -2.81. The first-order valence-electron chi connectivity index (χ1n) is 6.76. The van der Waals surface area contributed by atoms with E-state index in [4.69, 9.17) is 0 Å². The lowest BCUT2D eigenvalue weighted by atomic mass is 10.2. The molecule has 0 aliphatic carbocycles. The van der Waals surface area contributed by atoms with Crippen LogP contribution in [-0.2, 0) is 17.1 Å². The fourth-order valence-corrected chi connectivity index (χ4v) is 3.31. The molecule has 0 spiro atoms. The van der Waals surface area contributed by atoms with Crippen LogP contribution in [0.5, 0.6) is 0 Å². The summed E-state index contributed by atoms with van der Waals surface area (Å²) < 4.78 is 30.2. The van der Waals surface area contributed by atoms with E-state index >= 15 is 0 Å². The number of nitrogens with zero attached hydrogens (tertiary/aromatic N) is 3. The highest BCUT2D eigenvalue weighted by Crippen LogP contribution is 2.23. The Kier molecular flexibility index (Phi) is 3.57. The molecule has 3 rings (SSSR count). The fraction of sp³-hybridized carbons (Fsp3) is 0.143. The Morgan fingerprint density at radius 2 is 2.00 bits per heavy atom. The van der Waals surface area contributed by atoms with Gasteiger partial charge in [-0.15, -0.1) is 0 Å². The van der Waals surface area contributed by atoms with Crippen molar-refractivity contribution in [3.63, 3.8) is 0 Å². The Morgan fingerprint density at radius 1 is 1.26 bits per heavy atom. The van der Waals surface area contributed by atoms with Crippen LogP contribution in [-0.4, -0.2) is 27.7 Å². The highest BCUT2D eigenvalue weighted by Gasteiger charge is 2.19. The molecule has 0 saturated carbocycles. The summed E-state index contributed by atoms with van der Waals surface area (Å²) in [5, 5.41) is 3.86. The van der Waals surface area contributed by atoms with E-state index in [1.54, 1.807) is 44.4 Å². The van der Waals surface area contributed by atoms with Gasteiger partial charge in [-0.25, -0.2) is 13.2 Å². The first-order chi connectivity index (χ1) is 10.9. The molecule has 8 nitrogen and oxygen atoms in total. The van der Waals surface area contributed by atoms with Crippen LogP contribution in [0.15, 0.2) is 52.5 Å². The van der Waals surface area contributed by atoms with Gasteiger partial charge >= 0.3 is 5.69 Å². The number of hydrogen-bond donors (Lipinski definition) is 2. The lowest BCUT2D eigenvalue weighted by molar-refractivity contribution is 0.601. The molecule has 9 heteroatoms. The van der Waals surface area contributed by atoms with Gasteiger partial charge in [0.1, 0.15) is 4.90 Å². The van der Waals surface area contributed by atoms with Crippen molar-refractivity contribution in [2.75, 3.05) is 4.72 Å². The Labute approximate surface area is 132 Å². The van der Waals surface area contributed by atoms with Crippen molar-refractivity contribution in [3.8, 4) is 5.69 Å². The van der Waals surface area contributed by atoms with E-state index in [-0.39, 0.29) is 10.6 Å². The summed E-state index contributed by atoms with van der Waals surface area (Å²) in [6.07, 6.45) is 4.23. The van der Waals surface area contributed by atoms with Crippen LogP contribution >= 0.6 is 0 Å². The predicted octanol–water partition coefficient (Wildman–Crippen LogP) is 1.01. The number of aromatic nitrogens is 4. The van der Waals surface area contributed by atoms with E-state index in [2.05, 4.69) is 14.8 Å². The number of sulfonamides is 1. The molecule has 0 aliphatic rings. The minimum atomic E-state index is -3.79. The Bertz CT molecular complexity index is 1010. The van der Waals surface area contributed by atoms with Gasteiger partial charge in [-0.3, -0.25) is 14.0 Å². The van der Waals surface area contributed by atoms with Crippen molar-refractivity contribution in [2.45, 2.75) is 11.8 Å². The molecule has 2 aromatic heterocycles.